The first-order chi connectivity index (χ1) is 20.1. The van der Waals surface area contributed by atoms with Crippen molar-refractivity contribution in [3.63, 3.8) is 0 Å². The average Bonchev–Trinajstić information content (AvgIpc) is 3.61. The van der Waals surface area contributed by atoms with Crippen molar-refractivity contribution in [3.8, 4) is 0 Å². The van der Waals surface area contributed by atoms with Crippen molar-refractivity contribution in [2.75, 3.05) is 13.2 Å². The monoisotopic (exact) mass is 627 g/mol. The number of nitrogens with one attached hydrogen (secondary N) is 2. The normalized spacial score (nSPS) is 19.9. The number of amides is 2. The average molecular weight is 628 g/mol. The molecule has 1 fully saturated rings. The lowest BCUT2D eigenvalue weighted by Gasteiger charge is -2.16. The highest BCUT2D eigenvalue weighted by atomic mass is 32.2. The molecular weight excluding hydrogens is 600 g/mol. The molecule has 1 saturated heterocycles. The number of halogens is 6. The quantitative estimate of drug-likeness (QED) is 0.272. The van der Waals surface area contributed by atoms with Crippen LogP contribution in [-0.4, -0.2) is 57.0 Å². The van der Waals surface area contributed by atoms with Crippen LogP contribution in [0, 0.1) is 0 Å². The number of aliphatic hydroxyl groups excluding tert-OH is 1. The van der Waals surface area contributed by atoms with Gasteiger partial charge in [-0.1, -0.05) is 23.9 Å². The third-order valence-electron chi connectivity index (χ3n) is 6.60. The summed E-state index contributed by atoms with van der Waals surface area (Å²) in [5.41, 5.74) is -1.87. The first-order valence-corrected chi connectivity index (χ1v) is 13.8. The van der Waals surface area contributed by atoms with E-state index in [0.717, 1.165) is 19.0 Å². The molecule has 1 aromatic heterocycles. The second-order valence-electron chi connectivity index (χ2n) is 9.96. The van der Waals surface area contributed by atoms with E-state index >= 15 is 0 Å². The zero-order valence-corrected chi connectivity index (χ0v) is 23.7. The minimum Gasteiger partial charge on any atom is -0.395 e. The largest absolute Gasteiger partial charge is 0.416 e. The van der Waals surface area contributed by atoms with Crippen LogP contribution >= 0.6 is 11.8 Å². The predicted molar refractivity (Wildman–Crippen MR) is 150 cm³/mol. The molecule has 2 atom stereocenters. The Hall–Kier alpha value is -3.69. The molecule has 15 heteroatoms. The van der Waals surface area contributed by atoms with Gasteiger partial charge >= 0.3 is 12.4 Å². The Labute approximate surface area is 246 Å². The molecule has 0 aliphatic carbocycles. The molecule has 3 heterocycles. The molecule has 8 nitrogen and oxygen atoms in total. The molecule has 5 rings (SSSR count). The molecule has 43 heavy (non-hydrogen) atoms. The van der Waals surface area contributed by atoms with Gasteiger partial charge < -0.3 is 15.7 Å². The highest BCUT2D eigenvalue weighted by Crippen LogP contribution is 2.38. The SMILES string of the molecule is CC(=O)N[C@H]1CN[C@@H](CO)C1.CC1=NC(=O)/C(=C/c2ccc3c(cnn3Cc3ccc(C(F)(F)F)cc3C(F)(F)F)c2)S1. The van der Waals surface area contributed by atoms with Crippen LogP contribution in [-0.2, 0) is 28.5 Å². The standard InChI is InChI=1S/C21H13F6N3OS.C7H14N2O2/c1-11-29-19(31)18(32-11)7-12-2-5-17-14(6-12)9-28-30(17)10-13-3-4-15(20(22,23)24)8-16(13)21(25,26)27;1-5(11)9-6-2-7(4-10)8-3-6/h2-9H,10H2,1H3;6-8,10H,2-4H2,1H3,(H,9,11)/b18-7-;/t;6-,7-/m.1/s1. The summed E-state index contributed by atoms with van der Waals surface area (Å²) in [5.74, 6) is -0.347. The van der Waals surface area contributed by atoms with Crippen molar-refractivity contribution >= 4 is 45.6 Å². The summed E-state index contributed by atoms with van der Waals surface area (Å²) in [5, 5.41) is 20.0. The zero-order valence-electron chi connectivity index (χ0n) is 22.9. The maximum Gasteiger partial charge on any atom is 0.416 e. The fourth-order valence-corrected chi connectivity index (χ4v) is 5.43. The van der Waals surface area contributed by atoms with Crippen LogP contribution in [0.2, 0.25) is 0 Å². The zero-order chi connectivity index (χ0) is 31.5. The van der Waals surface area contributed by atoms with Gasteiger partial charge in [-0.15, -0.1) is 0 Å². The molecule has 2 aromatic carbocycles. The molecule has 2 aliphatic rings. The molecule has 0 radical (unpaired) electrons. The van der Waals surface area contributed by atoms with Gasteiger partial charge in [-0.2, -0.15) is 31.4 Å². The van der Waals surface area contributed by atoms with E-state index in [9.17, 15) is 35.9 Å². The van der Waals surface area contributed by atoms with E-state index in [2.05, 4.69) is 20.7 Å². The maximum absolute atomic E-state index is 13.4. The van der Waals surface area contributed by atoms with Gasteiger partial charge in [-0.05, 0) is 54.8 Å². The molecule has 3 aromatic rings. The van der Waals surface area contributed by atoms with Crippen LogP contribution in [0.1, 0.15) is 42.5 Å². The predicted octanol–water partition coefficient (Wildman–Crippen LogP) is 5.00. The van der Waals surface area contributed by atoms with E-state index in [-0.39, 0.29) is 48.7 Å². The number of carbonyl (C=O) groups excluding carboxylic acids is 2. The fourth-order valence-electron chi connectivity index (χ4n) is 4.66. The number of aliphatic imine (C=N–C) groups is 1. The molecule has 2 amide bonds. The second kappa shape index (κ2) is 12.9. The molecule has 0 unspecified atom stereocenters. The first-order valence-electron chi connectivity index (χ1n) is 13.0. The molecule has 0 spiro atoms. The number of hydrogen-bond acceptors (Lipinski definition) is 6. The Morgan fingerprint density at radius 2 is 1.91 bits per heavy atom. The Morgan fingerprint density at radius 3 is 2.49 bits per heavy atom. The number of carbonyl (C=O) groups is 2. The number of rotatable bonds is 5. The van der Waals surface area contributed by atoms with Crippen LogP contribution in [0.3, 0.4) is 0 Å². The number of fused-ring (bicyclic) bond motifs is 1. The smallest absolute Gasteiger partial charge is 0.395 e. The summed E-state index contributed by atoms with van der Waals surface area (Å²) in [7, 11) is 0. The van der Waals surface area contributed by atoms with Gasteiger partial charge in [-0.3, -0.25) is 14.3 Å². The Kier molecular flexibility index (Phi) is 9.66. The summed E-state index contributed by atoms with van der Waals surface area (Å²) < 4.78 is 80.2. The number of nitrogens with zero attached hydrogens (tertiary/aromatic N) is 3. The lowest BCUT2D eigenvalue weighted by molar-refractivity contribution is -0.143. The van der Waals surface area contributed by atoms with E-state index in [1.807, 2.05) is 0 Å². The van der Waals surface area contributed by atoms with E-state index in [1.165, 1.54) is 29.6 Å². The number of benzene rings is 2. The van der Waals surface area contributed by atoms with Gasteiger partial charge in [0.05, 0.1) is 45.9 Å². The third kappa shape index (κ3) is 8.24. The summed E-state index contributed by atoms with van der Waals surface area (Å²) >= 11 is 1.24. The Bertz CT molecular complexity index is 1580. The number of aromatic nitrogens is 2. The maximum atomic E-state index is 13.4. The van der Waals surface area contributed by atoms with E-state index in [1.54, 1.807) is 31.2 Å². The third-order valence-corrected chi connectivity index (χ3v) is 7.50. The van der Waals surface area contributed by atoms with E-state index in [0.29, 0.717) is 32.5 Å². The molecule has 0 saturated carbocycles. The second-order valence-corrected chi connectivity index (χ2v) is 11.2. The number of alkyl halides is 6. The van der Waals surface area contributed by atoms with Gasteiger partial charge in [-0.25, -0.2) is 4.99 Å². The van der Waals surface area contributed by atoms with Crippen molar-refractivity contribution in [1.82, 2.24) is 20.4 Å². The number of hydrogen-bond donors (Lipinski definition) is 3. The van der Waals surface area contributed by atoms with Crippen molar-refractivity contribution < 1.29 is 41.0 Å². The molecule has 3 N–H and O–H groups in total. The van der Waals surface area contributed by atoms with Crippen LogP contribution in [0.4, 0.5) is 26.3 Å². The number of thioether (sulfide) groups is 1. The van der Waals surface area contributed by atoms with E-state index < -0.39 is 23.5 Å². The summed E-state index contributed by atoms with van der Waals surface area (Å²) in [6.07, 6.45) is -5.91. The molecular formula is C28H27F6N5O3S. The fraction of sp³-hybridized carbons (Fsp3) is 0.357. The van der Waals surface area contributed by atoms with Crippen molar-refractivity contribution in [2.24, 2.45) is 4.99 Å². The van der Waals surface area contributed by atoms with Gasteiger partial charge in [0, 0.05) is 30.9 Å². The van der Waals surface area contributed by atoms with Crippen molar-refractivity contribution in [1.29, 1.82) is 0 Å². The van der Waals surface area contributed by atoms with Crippen molar-refractivity contribution in [2.45, 2.75) is 51.2 Å². The van der Waals surface area contributed by atoms with Gasteiger partial charge in [0.2, 0.25) is 5.91 Å². The summed E-state index contributed by atoms with van der Waals surface area (Å²) in [6.45, 7) is 3.78. The first kappa shape index (κ1) is 32.2. The lowest BCUT2D eigenvalue weighted by Crippen LogP contribution is -2.34. The Morgan fingerprint density at radius 1 is 1.16 bits per heavy atom. The van der Waals surface area contributed by atoms with E-state index in [4.69, 9.17) is 5.11 Å². The topological polar surface area (TPSA) is 109 Å². The van der Waals surface area contributed by atoms with Gasteiger partial charge in [0.15, 0.2) is 0 Å². The van der Waals surface area contributed by atoms with Crippen molar-refractivity contribution in [3.05, 3.63) is 69.8 Å². The molecule has 2 aliphatic heterocycles. The minimum absolute atomic E-state index is 0.00427. The highest BCUT2D eigenvalue weighted by Gasteiger charge is 2.38. The lowest BCUT2D eigenvalue weighted by atomic mass is 10.0. The minimum atomic E-state index is -4.95. The highest BCUT2D eigenvalue weighted by molar-refractivity contribution is 8.18. The van der Waals surface area contributed by atoms with Gasteiger partial charge in [0.1, 0.15) is 0 Å². The van der Waals surface area contributed by atoms with Gasteiger partial charge in [0.25, 0.3) is 5.91 Å². The molecule has 230 valence electrons. The van der Waals surface area contributed by atoms with Crippen LogP contribution < -0.4 is 10.6 Å². The summed E-state index contributed by atoms with van der Waals surface area (Å²) in [4.78, 5) is 26.7. The molecule has 0 bridgehead atoms. The summed E-state index contributed by atoms with van der Waals surface area (Å²) in [6, 6.07) is 6.94. The van der Waals surface area contributed by atoms with Crippen LogP contribution in [0.5, 0.6) is 0 Å². The van der Waals surface area contributed by atoms with Crippen LogP contribution in [0.15, 0.2) is 52.5 Å². The Balaban J connectivity index is 0.000000324. The number of aliphatic hydroxyl groups is 1. The van der Waals surface area contributed by atoms with Crippen LogP contribution in [0.25, 0.3) is 17.0 Å².